The smallest absolute Gasteiger partial charge is 0.0962 e. The largest absolute Gasteiger partial charge is 0.325 e. The Labute approximate surface area is 103 Å². The van der Waals surface area contributed by atoms with Gasteiger partial charge in [0, 0.05) is 25.8 Å². The van der Waals surface area contributed by atoms with Crippen LogP contribution >= 0.6 is 0 Å². The lowest BCUT2D eigenvalue weighted by Gasteiger charge is -2.17. The minimum Gasteiger partial charge on any atom is -0.325 e. The van der Waals surface area contributed by atoms with Crippen molar-refractivity contribution >= 4 is 0 Å². The molecule has 0 spiro atoms. The molecule has 0 aromatic carbocycles. The molecule has 1 unspecified atom stereocenters. The van der Waals surface area contributed by atoms with Gasteiger partial charge in [0.2, 0.25) is 0 Å². The maximum absolute atomic E-state index is 5.51. The van der Waals surface area contributed by atoms with Crippen molar-refractivity contribution in [3.05, 3.63) is 11.9 Å². The van der Waals surface area contributed by atoms with Crippen molar-refractivity contribution in [1.29, 1.82) is 0 Å². The number of rotatable bonds is 5. The maximum atomic E-state index is 5.51. The average molecular weight is 237 g/mol. The molecule has 0 amide bonds. The number of likely N-dealkylation sites (tertiary alicyclic amines) is 1. The summed E-state index contributed by atoms with van der Waals surface area (Å²) in [4.78, 5) is 2.52. The summed E-state index contributed by atoms with van der Waals surface area (Å²) in [6, 6.07) is 0. The minimum absolute atomic E-state index is 0.471. The van der Waals surface area contributed by atoms with E-state index in [0.717, 1.165) is 30.6 Å². The van der Waals surface area contributed by atoms with Gasteiger partial charge in [0.25, 0.3) is 0 Å². The van der Waals surface area contributed by atoms with Crippen LogP contribution in [0.3, 0.4) is 0 Å². The van der Waals surface area contributed by atoms with E-state index in [0.29, 0.717) is 6.54 Å². The van der Waals surface area contributed by atoms with Gasteiger partial charge in [-0.1, -0.05) is 19.1 Å². The molecular weight excluding hydrogens is 214 g/mol. The Morgan fingerprint density at radius 1 is 1.47 bits per heavy atom. The van der Waals surface area contributed by atoms with Crippen LogP contribution in [0.2, 0.25) is 0 Å². The number of nitrogens with zero attached hydrogens (tertiary/aromatic N) is 4. The van der Waals surface area contributed by atoms with E-state index in [1.165, 1.54) is 19.5 Å². The van der Waals surface area contributed by atoms with Gasteiger partial charge in [-0.3, -0.25) is 4.68 Å². The van der Waals surface area contributed by atoms with Crippen LogP contribution in [0.1, 0.15) is 26.0 Å². The Bertz CT molecular complexity index is 346. The van der Waals surface area contributed by atoms with E-state index in [1.807, 2.05) is 10.9 Å². The summed E-state index contributed by atoms with van der Waals surface area (Å²) >= 11 is 0. The molecule has 1 aromatic rings. The standard InChI is InChI=1S/C12H23N5/c1-10(2)11-3-4-16(8-11)5-6-17-9-12(7-13)14-15-17/h9-11H,3-8,13H2,1-2H3. The Morgan fingerprint density at radius 2 is 2.29 bits per heavy atom. The molecule has 1 fully saturated rings. The van der Waals surface area contributed by atoms with E-state index >= 15 is 0 Å². The highest BCUT2D eigenvalue weighted by atomic mass is 15.4. The zero-order valence-corrected chi connectivity index (χ0v) is 10.8. The van der Waals surface area contributed by atoms with Gasteiger partial charge < -0.3 is 10.6 Å². The predicted molar refractivity (Wildman–Crippen MR) is 67.3 cm³/mol. The molecule has 0 radical (unpaired) electrons. The Kier molecular flexibility index (Phi) is 4.12. The SMILES string of the molecule is CC(C)C1CCN(CCn2cc(CN)nn2)C1. The van der Waals surface area contributed by atoms with Crippen LogP contribution in [0.4, 0.5) is 0 Å². The monoisotopic (exact) mass is 237 g/mol. The van der Waals surface area contributed by atoms with Crippen molar-refractivity contribution in [2.45, 2.75) is 33.4 Å². The number of aromatic nitrogens is 3. The summed E-state index contributed by atoms with van der Waals surface area (Å²) in [5.41, 5.74) is 6.37. The number of hydrogen-bond donors (Lipinski definition) is 1. The third kappa shape index (κ3) is 3.26. The quantitative estimate of drug-likeness (QED) is 0.819. The zero-order chi connectivity index (χ0) is 12.3. The molecule has 17 heavy (non-hydrogen) atoms. The van der Waals surface area contributed by atoms with E-state index in [-0.39, 0.29) is 0 Å². The minimum atomic E-state index is 0.471. The van der Waals surface area contributed by atoms with Gasteiger partial charge in [0.1, 0.15) is 0 Å². The Morgan fingerprint density at radius 3 is 2.88 bits per heavy atom. The molecule has 1 saturated heterocycles. The van der Waals surface area contributed by atoms with Crippen molar-refractivity contribution in [2.24, 2.45) is 17.6 Å². The summed E-state index contributed by atoms with van der Waals surface area (Å²) in [5, 5.41) is 8.05. The van der Waals surface area contributed by atoms with Crippen LogP contribution in [0.5, 0.6) is 0 Å². The van der Waals surface area contributed by atoms with Gasteiger partial charge in [-0.05, 0) is 24.8 Å². The summed E-state index contributed by atoms with van der Waals surface area (Å²) in [5.74, 6) is 1.67. The molecule has 96 valence electrons. The molecule has 1 atom stereocenters. The molecule has 1 aromatic heterocycles. The highest BCUT2D eigenvalue weighted by Crippen LogP contribution is 2.23. The van der Waals surface area contributed by atoms with E-state index < -0.39 is 0 Å². The molecule has 0 aliphatic carbocycles. The van der Waals surface area contributed by atoms with Crippen molar-refractivity contribution in [3.63, 3.8) is 0 Å². The molecule has 1 aliphatic rings. The zero-order valence-electron chi connectivity index (χ0n) is 10.8. The maximum Gasteiger partial charge on any atom is 0.0962 e. The second-order valence-electron chi connectivity index (χ2n) is 5.27. The van der Waals surface area contributed by atoms with E-state index in [4.69, 9.17) is 5.73 Å². The first-order chi connectivity index (χ1) is 8.19. The van der Waals surface area contributed by atoms with Crippen LogP contribution in [0.15, 0.2) is 6.20 Å². The predicted octanol–water partition coefficient (Wildman–Crippen LogP) is 0.715. The lowest BCUT2D eigenvalue weighted by molar-refractivity contribution is 0.286. The fourth-order valence-corrected chi connectivity index (χ4v) is 2.40. The van der Waals surface area contributed by atoms with E-state index in [9.17, 15) is 0 Å². The van der Waals surface area contributed by atoms with E-state index in [1.54, 1.807) is 0 Å². The Hall–Kier alpha value is -0.940. The normalized spacial score (nSPS) is 21.5. The molecule has 1 aliphatic heterocycles. The third-order valence-electron chi connectivity index (χ3n) is 3.69. The topological polar surface area (TPSA) is 60.0 Å². The molecule has 0 bridgehead atoms. The van der Waals surface area contributed by atoms with Gasteiger partial charge in [-0.15, -0.1) is 5.10 Å². The van der Waals surface area contributed by atoms with Gasteiger partial charge >= 0.3 is 0 Å². The molecule has 5 nitrogen and oxygen atoms in total. The van der Waals surface area contributed by atoms with Gasteiger partial charge in [0.15, 0.2) is 0 Å². The molecule has 2 heterocycles. The first-order valence-electron chi connectivity index (χ1n) is 6.50. The van der Waals surface area contributed by atoms with Crippen molar-refractivity contribution in [1.82, 2.24) is 19.9 Å². The van der Waals surface area contributed by atoms with Crippen molar-refractivity contribution in [2.75, 3.05) is 19.6 Å². The van der Waals surface area contributed by atoms with Crippen LogP contribution in [-0.2, 0) is 13.1 Å². The first kappa shape index (κ1) is 12.5. The summed E-state index contributed by atoms with van der Waals surface area (Å²) in [6.07, 6.45) is 3.28. The highest BCUT2D eigenvalue weighted by Gasteiger charge is 2.24. The summed E-state index contributed by atoms with van der Waals surface area (Å²) in [6.45, 7) is 9.54. The van der Waals surface area contributed by atoms with Gasteiger partial charge in [-0.25, -0.2) is 0 Å². The van der Waals surface area contributed by atoms with Crippen molar-refractivity contribution in [3.8, 4) is 0 Å². The molecule has 0 saturated carbocycles. The lowest BCUT2D eigenvalue weighted by Crippen LogP contribution is -2.26. The van der Waals surface area contributed by atoms with Crippen LogP contribution in [0.25, 0.3) is 0 Å². The second kappa shape index (κ2) is 5.60. The lowest BCUT2D eigenvalue weighted by atomic mass is 9.95. The molecule has 2 N–H and O–H groups in total. The highest BCUT2D eigenvalue weighted by molar-refractivity contribution is 4.90. The third-order valence-corrected chi connectivity index (χ3v) is 3.69. The fourth-order valence-electron chi connectivity index (χ4n) is 2.40. The molecule has 2 rings (SSSR count). The molecule has 5 heteroatoms. The Balaban J connectivity index is 1.76. The van der Waals surface area contributed by atoms with Crippen LogP contribution in [0, 0.1) is 11.8 Å². The second-order valence-corrected chi connectivity index (χ2v) is 5.27. The van der Waals surface area contributed by atoms with Crippen LogP contribution in [-0.4, -0.2) is 39.5 Å². The van der Waals surface area contributed by atoms with Crippen LogP contribution < -0.4 is 5.73 Å². The average Bonchev–Trinajstić information content (AvgIpc) is 2.95. The summed E-state index contributed by atoms with van der Waals surface area (Å²) < 4.78 is 1.89. The number of hydrogen-bond acceptors (Lipinski definition) is 4. The van der Waals surface area contributed by atoms with Crippen molar-refractivity contribution < 1.29 is 0 Å². The van der Waals surface area contributed by atoms with Gasteiger partial charge in [0.05, 0.1) is 12.2 Å². The number of nitrogens with two attached hydrogens (primary N) is 1. The van der Waals surface area contributed by atoms with E-state index in [2.05, 4.69) is 29.1 Å². The molecular formula is C12H23N5. The summed E-state index contributed by atoms with van der Waals surface area (Å²) in [7, 11) is 0. The first-order valence-corrected chi connectivity index (χ1v) is 6.50. The van der Waals surface area contributed by atoms with Gasteiger partial charge in [-0.2, -0.15) is 0 Å². The fraction of sp³-hybridized carbons (Fsp3) is 0.833.